The Morgan fingerprint density at radius 3 is 2.62 bits per heavy atom. The summed E-state index contributed by atoms with van der Waals surface area (Å²) in [4.78, 5) is 9.15. The van der Waals surface area contributed by atoms with Crippen molar-refractivity contribution in [1.82, 2.24) is 9.97 Å². The second kappa shape index (κ2) is 4.62. The predicted molar refractivity (Wildman–Crippen MR) is 79.6 cm³/mol. The predicted octanol–water partition coefficient (Wildman–Crippen LogP) is 2.68. The molecule has 2 N–H and O–H groups in total. The van der Waals surface area contributed by atoms with E-state index in [9.17, 15) is 0 Å². The normalized spacial score (nSPS) is 16.8. The maximum absolute atomic E-state index is 6.06. The standard InChI is InChI=1S/C16H17N3O2/c1-9-14(18-16(10-2-3-10)19-15(9)17)11-4-5-12-13(8-11)21-7-6-20-12/h4-5,8,10H,2-3,6-7H2,1H3,(H2,17,18,19). The summed E-state index contributed by atoms with van der Waals surface area (Å²) in [6.07, 6.45) is 2.31. The average molecular weight is 283 g/mol. The first kappa shape index (κ1) is 12.4. The lowest BCUT2D eigenvalue weighted by Crippen LogP contribution is -2.15. The van der Waals surface area contributed by atoms with Crippen LogP contribution in [0.5, 0.6) is 11.5 Å². The van der Waals surface area contributed by atoms with Crippen LogP contribution in [-0.2, 0) is 0 Å². The van der Waals surface area contributed by atoms with E-state index in [1.54, 1.807) is 0 Å². The number of nitrogens with zero attached hydrogens (tertiary/aromatic N) is 2. The molecule has 0 spiro atoms. The maximum atomic E-state index is 6.06. The van der Waals surface area contributed by atoms with Gasteiger partial charge >= 0.3 is 0 Å². The molecule has 1 aromatic heterocycles. The van der Waals surface area contributed by atoms with Crippen molar-refractivity contribution in [2.45, 2.75) is 25.7 Å². The van der Waals surface area contributed by atoms with Gasteiger partial charge in [0.1, 0.15) is 24.9 Å². The largest absolute Gasteiger partial charge is 0.486 e. The van der Waals surface area contributed by atoms with Crippen molar-refractivity contribution in [1.29, 1.82) is 0 Å². The van der Waals surface area contributed by atoms with Crippen molar-refractivity contribution in [3.05, 3.63) is 29.6 Å². The van der Waals surface area contributed by atoms with E-state index in [1.807, 2.05) is 25.1 Å². The third kappa shape index (κ3) is 2.18. The highest BCUT2D eigenvalue weighted by atomic mass is 16.6. The van der Waals surface area contributed by atoms with Crippen LogP contribution in [0.3, 0.4) is 0 Å². The number of anilines is 1. The van der Waals surface area contributed by atoms with Crippen molar-refractivity contribution in [2.24, 2.45) is 0 Å². The zero-order chi connectivity index (χ0) is 14.4. The molecular formula is C16H17N3O2. The molecule has 21 heavy (non-hydrogen) atoms. The SMILES string of the molecule is Cc1c(N)nc(C2CC2)nc1-c1ccc2c(c1)OCCO2. The third-order valence-electron chi connectivity index (χ3n) is 3.96. The first-order valence-electron chi connectivity index (χ1n) is 7.26. The molecule has 1 aliphatic carbocycles. The Labute approximate surface area is 123 Å². The van der Waals surface area contributed by atoms with Crippen molar-refractivity contribution in [3.63, 3.8) is 0 Å². The highest BCUT2D eigenvalue weighted by molar-refractivity contribution is 5.70. The molecule has 5 nitrogen and oxygen atoms in total. The van der Waals surface area contributed by atoms with Crippen molar-refractivity contribution in [2.75, 3.05) is 18.9 Å². The molecule has 4 rings (SSSR count). The summed E-state index contributed by atoms with van der Waals surface area (Å²) in [5, 5.41) is 0. The van der Waals surface area contributed by atoms with E-state index in [-0.39, 0.29) is 0 Å². The van der Waals surface area contributed by atoms with Crippen LogP contribution in [0, 0.1) is 6.92 Å². The monoisotopic (exact) mass is 283 g/mol. The molecular weight excluding hydrogens is 266 g/mol. The zero-order valence-electron chi connectivity index (χ0n) is 11.9. The van der Waals surface area contributed by atoms with Gasteiger partial charge in [-0.3, -0.25) is 0 Å². The van der Waals surface area contributed by atoms with E-state index < -0.39 is 0 Å². The average Bonchev–Trinajstić information content (AvgIpc) is 3.34. The number of rotatable bonds is 2. The molecule has 108 valence electrons. The van der Waals surface area contributed by atoms with Crippen molar-refractivity contribution >= 4 is 5.82 Å². The van der Waals surface area contributed by atoms with Crippen LogP contribution in [0.2, 0.25) is 0 Å². The summed E-state index contributed by atoms with van der Waals surface area (Å²) in [7, 11) is 0. The number of hydrogen-bond acceptors (Lipinski definition) is 5. The quantitative estimate of drug-likeness (QED) is 0.917. The minimum Gasteiger partial charge on any atom is -0.486 e. The summed E-state index contributed by atoms with van der Waals surface area (Å²) in [5.41, 5.74) is 8.85. The van der Waals surface area contributed by atoms with Gasteiger partial charge in [-0.15, -0.1) is 0 Å². The zero-order valence-corrected chi connectivity index (χ0v) is 11.9. The van der Waals surface area contributed by atoms with Gasteiger partial charge in [-0.1, -0.05) is 0 Å². The number of fused-ring (bicyclic) bond motifs is 1. The fourth-order valence-electron chi connectivity index (χ4n) is 2.55. The minimum atomic E-state index is 0.476. The number of nitrogens with two attached hydrogens (primary N) is 1. The molecule has 5 heteroatoms. The third-order valence-corrected chi connectivity index (χ3v) is 3.96. The number of hydrogen-bond donors (Lipinski definition) is 1. The first-order valence-corrected chi connectivity index (χ1v) is 7.26. The molecule has 0 amide bonds. The van der Waals surface area contributed by atoms with Gasteiger partial charge in [0, 0.05) is 17.0 Å². The molecule has 2 heterocycles. The Bertz CT molecular complexity index is 711. The van der Waals surface area contributed by atoms with E-state index in [0.29, 0.717) is 24.9 Å². The molecule has 0 unspecified atom stereocenters. The van der Waals surface area contributed by atoms with Crippen LogP contribution < -0.4 is 15.2 Å². The first-order chi connectivity index (χ1) is 10.2. The maximum Gasteiger partial charge on any atom is 0.162 e. The van der Waals surface area contributed by atoms with E-state index in [0.717, 1.165) is 47.0 Å². The van der Waals surface area contributed by atoms with Gasteiger partial charge in [0.25, 0.3) is 0 Å². The Hall–Kier alpha value is -2.30. The Kier molecular flexibility index (Phi) is 2.74. The molecule has 0 atom stereocenters. The van der Waals surface area contributed by atoms with Gasteiger partial charge in [0.05, 0.1) is 5.69 Å². The fraction of sp³-hybridized carbons (Fsp3) is 0.375. The minimum absolute atomic E-state index is 0.476. The lowest BCUT2D eigenvalue weighted by Gasteiger charge is -2.19. The summed E-state index contributed by atoms with van der Waals surface area (Å²) in [6, 6.07) is 5.90. The van der Waals surface area contributed by atoms with E-state index in [1.165, 1.54) is 0 Å². The molecule has 0 bridgehead atoms. The van der Waals surface area contributed by atoms with Crippen molar-refractivity contribution in [3.8, 4) is 22.8 Å². The van der Waals surface area contributed by atoms with Crippen molar-refractivity contribution < 1.29 is 9.47 Å². The number of ether oxygens (including phenoxy) is 2. The number of benzene rings is 1. The van der Waals surface area contributed by atoms with Crippen LogP contribution in [0.1, 0.15) is 30.1 Å². The summed E-state index contributed by atoms with van der Waals surface area (Å²) >= 11 is 0. The van der Waals surface area contributed by atoms with Crippen LogP contribution >= 0.6 is 0 Å². The smallest absolute Gasteiger partial charge is 0.162 e. The lowest BCUT2D eigenvalue weighted by molar-refractivity contribution is 0.171. The van der Waals surface area contributed by atoms with Gasteiger partial charge in [-0.05, 0) is 38.0 Å². The Morgan fingerprint density at radius 1 is 1.10 bits per heavy atom. The molecule has 2 aliphatic rings. The lowest BCUT2D eigenvalue weighted by atomic mass is 10.1. The molecule has 1 aromatic carbocycles. The van der Waals surface area contributed by atoms with E-state index in [2.05, 4.69) is 4.98 Å². The van der Waals surface area contributed by atoms with Gasteiger partial charge in [0.15, 0.2) is 11.5 Å². The second-order valence-electron chi connectivity index (χ2n) is 5.57. The van der Waals surface area contributed by atoms with Crippen LogP contribution in [0.4, 0.5) is 5.82 Å². The van der Waals surface area contributed by atoms with Gasteiger partial charge in [-0.25, -0.2) is 9.97 Å². The molecule has 1 aliphatic heterocycles. The molecule has 2 aromatic rings. The highest BCUT2D eigenvalue weighted by Gasteiger charge is 2.28. The summed E-state index contributed by atoms with van der Waals surface area (Å²) in [5.74, 6) is 3.46. The van der Waals surface area contributed by atoms with E-state index >= 15 is 0 Å². The summed E-state index contributed by atoms with van der Waals surface area (Å²) < 4.78 is 11.2. The Balaban J connectivity index is 1.82. The molecule has 0 radical (unpaired) electrons. The van der Waals surface area contributed by atoms with Crippen LogP contribution in [-0.4, -0.2) is 23.2 Å². The van der Waals surface area contributed by atoms with E-state index in [4.69, 9.17) is 20.2 Å². The molecule has 0 saturated heterocycles. The second-order valence-corrected chi connectivity index (χ2v) is 5.57. The number of nitrogen functional groups attached to an aromatic ring is 1. The molecule has 1 saturated carbocycles. The Morgan fingerprint density at radius 2 is 1.86 bits per heavy atom. The molecule has 1 fully saturated rings. The van der Waals surface area contributed by atoms with Gasteiger partial charge < -0.3 is 15.2 Å². The van der Waals surface area contributed by atoms with Gasteiger partial charge in [0.2, 0.25) is 0 Å². The van der Waals surface area contributed by atoms with Gasteiger partial charge in [-0.2, -0.15) is 0 Å². The summed E-state index contributed by atoms with van der Waals surface area (Å²) in [6.45, 7) is 3.13. The fourth-order valence-corrected chi connectivity index (χ4v) is 2.55. The highest BCUT2D eigenvalue weighted by Crippen LogP contribution is 2.41. The van der Waals surface area contributed by atoms with Crippen LogP contribution in [0.25, 0.3) is 11.3 Å². The van der Waals surface area contributed by atoms with Crippen LogP contribution in [0.15, 0.2) is 18.2 Å². The number of aromatic nitrogens is 2. The topological polar surface area (TPSA) is 70.3 Å².